The highest BCUT2D eigenvalue weighted by Gasteiger charge is 2.90. The van der Waals surface area contributed by atoms with Crippen LogP contribution in [0.2, 0.25) is 0 Å². The zero-order valence-corrected chi connectivity index (χ0v) is 22.8. The molecule has 0 unspecified atom stereocenters. The second kappa shape index (κ2) is 10.9. The third kappa shape index (κ3) is 5.11. The molecule has 0 radical (unpaired) electrons. The van der Waals surface area contributed by atoms with E-state index in [1.165, 1.54) is 18.2 Å². The maximum Gasteiger partial charge on any atom is 0.385 e. The summed E-state index contributed by atoms with van der Waals surface area (Å²) < 4.78 is 177. The van der Waals surface area contributed by atoms with E-state index in [9.17, 15) is 43.9 Å². The van der Waals surface area contributed by atoms with E-state index in [1.54, 1.807) is 30.3 Å². The molecule has 0 aromatic heterocycles. The third-order valence-corrected chi connectivity index (χ3v) is 7.16. The Morgan fingerprint density at radius 1 is 0.341 bits per heavy atom. The zero-order valence-electron chi connectivity index (χ0n) is 22.8. The quantitative estimate of drug-likeness (QED) is 0.161. The van der Waals surface area contributed by atoms with Crippen LogP contribution in [0.5, 0.6) is 0 Å². The Kier molecular flexibility index (Phi) is 8.15. The fourth-order valence-electron chi connectivity index (χ4n) is 4.51. The van der Waals surface area contributed by atoms with Crippen LogP contribution in [-0.4, -0.2) is 23.7 Å². The summed E-state index contributed by atoms with van der Waals surface area (Å²) in [5.74, 6) is -42.3. The van der Waals surface area contributed by atoms with Gasteiger partial charge in [-0.25, -0.2) is 0 Å². The van der Waals surface area contributed by atoms with Gasteiger partial charge in [0.2, 0.25) is 0 Å². The zero-order chi connectivity index (χ0) is 32.9. The first kappa shape index (κ1) is 32.9. The molecular formula is C32H22F12. The third-order valence-electron chi connectivity index (χ3n) is 7.16. The molecule has 0 nitrogen and oxygen atoms in total. The lowest BCUT2D eigenvalue weighted by Gasteiger charge is -2.41. The summed E-state index contributed by atoms with van der Waals surface area (Å²) in [6.07, 6.45) is 0. The fourth-order valence-corrected chi connectivity index (χ4v) is 4.51. The molecule has 0 N–H and O–H groups in total. The van der Waals surface area contributed by atoms with E-state index in [1.807, 2.05) is 6.92 Å². The van der Waals surface area contributed by atoms with Crippen molar-refractivity contribution in [3.63, 3.8) is 0 Å². The molecule has 0 saturated heterocycles. The SMILES string of the molecule is Cc1ccc(-c2cccc(-c3cccc(C(F)(F)C(F)(F)C(F)(F)C(F)(F)C(F)(F)C(F)(F)c4cccc(C)c4)c3)c2)cc1. The van der Waals surface area contributed by atoms with Crippen LogP contribution in [0.25, 0.3) is 22.3 Å². The molecule has 234 valence electrons. The second-order valence-corrected chi connectivity index (χ2v) is 10.3. The first-order valence-corrected chi connectivity index (χ1v) is 12.8. The summed E-state index contributed by atoms with van der Waals surface area (Å²) in [7, 11) is 0. The monoisotopic (exact) mass is 634 g/mol. The van der Waals surface area contributed by atoms with Crippen molar-refractivity contribution in [2.75, 3.05) is 0 Å². The van der Waals surface area contributed by atoms with Crippen LogP contribution >= 0.6 is 0 Å². The topological polar surface area (TPSA) is 0 Å². The summed E-state index contributed by atoms with van der Waals surface area (Å²) in [5.41, 5.74) is -1.99. The number of alkyl halides is 12. The number of aryl methyl sites for hydroxylation is 2. The van der Waals surface area contributed by atoms with Gasteiger partial charge in [-0.2, -0.15) is 52.7 Å². The summed E-state index contributed by atoms with van der Waals surface area (Å²) >= 11 is 0. The molecule has 12 heteroatoms. The highest BCUT2D eigenvalue weighted by Crippen LogP contribution is 2.63. The van der Waals surface area contributed by atoms with Crippen LogP contribution in [0.1, 0.15) is 22.3 Å². The molecule has 4 rings (SSSR count). The van der Waals surface area contributed by atoms with Gasteiger partial charge in [0.05, 0.1) is 0 Å². The normalized spacial score (nSPS) is 13.7. The molecule has 0 aliphatic carbocycles. The van der Waals surface area contributed by atoms with Crippen molar-refractivity contribution in [3.8, 4) is 22.3 Å². The smallest absolute Gasteiger partial charge is 0.194 e. The van der Waals surface area contributed by atoms with E-state index < -0.39 is 46.7 Å². The molecule has 0 spiro atoms. The number of rotatable bonds is 9. The molecule has 0 bridgehead atoms. The Morgan fingerprint density at radius 2 is 0.727 bits per heavy atom. The van der Waals surface area contributed by atoms with Crippen molar-refractivity contribution < 1.29 is 52.7 Å². The average Bonchev–Trinajstić information content (AvgIpc) is 2.97. The standard InChI is InChI=1S/C32H22F12/c1-19-12-14-21(15-13-19)22-7-4-8-23(17-22)24-9-5-11-26(18-24)28(35,36)30(39,40)32(43,44)31(41,42)29(37,38)27(33,34)25-10-3-6-20(2)16-25/h3-18H,1-2H3. The minimum absolute atomic E-state index is 0.130. The second-order valence-electron chi connectivity index (χ2n) is 10.3. The Hall–Kier alpha value is -3.96. The number of benzene rings is 4. The van der Waals surface area contributed by atoms with E-state index in [0.29, 0.717) is 23.3 Å². The van der Waals surface area contributed by atoms with Gasteiger partial charge in [0, 0.05) is 11.1 Å². The molecule has 0 aliphatic heterocycles. The maximum atomic E-state index is 15.1. The van der Waals surface area contributed by atoms with Crippen LogP contribution in [0, 0.1) is 13.8 Å². The summed E-state index contributed by atoms with van der Waals surface area (Å²) in [5, 5.41) is 0. The minimum Gasteiger partial charge on any atom is -0.194 e. The Morgan fingerprint density at radius 3 is 1.20 bits per heavy atom. The van der Waals surface area contributed by atoms with Crippen LogP contribution in [0.4, 0.5) is 52.7 Å². The van der Waals surface area contributed by atoms with Crippen molar-refractivity contribution in [2.45, 2.75) is 49.4 Å². The van der Waals surface area contributed by atoms with Crippen molar-refractivity contribution in [3.05, 3.63) is 119 Å². The summed E-state index contributed by atoms with van der Waals surface area (Å²) in [6, 6.07) is 17.6. The van der Waals surface area contributed by atoms with E-state index in [4.69, 9.17) is 0 Å². The van der Waals surface area contributed by atoms with Crippen LogP contribution in [-0.2, 0) is 11.8 Å². The molecule has 44 heavy (non-hydrogen) atoms. The average molecular weight is 635 g/mol. The molecule has 4 aromatic carbocycles. The number of hydrogen-bond donors (Lipinski definition) is 0. The van der Waals surface area contributed by atoms with Gasteiger partial charge in [-0.05, 0) is 54.3 Å². The lowest BCUT2D eigenvalue weighted by atomic mass is 9.86. The number of hydrogen-bond acceptors (Lipinski definition) is 0. The predicted octanol–water partition coefficient (Wildman–Crippen LogP) is 11.1. The van der Waals surface area contributed by atoms with Crippen molar-refractivity contribution in [1.82, 2.24) is 0 Å². The Labute approximate surface area is 244 Å². The largest absolute Gasteiger partial charge is 0.385 e. The Balaban J connectivity index is 1.74. The maximum absolute atomic E-state index is 15.1. The molecule has 0 amide bonds. The molecule has 0 saturated carbocycles. The molecule has 0 atom stereocenters. The van der Waals surface area contributed by atoms with Crippen LogP contribution in [0.15, 0.2) is 97.1 Å². The van der Waals surface area contributed by atoms with Gasteiger partial charge < -0.3 is 0 Å². The summed E-state index contributed by atoms with van der Waals surface area (Å²) in [6.45, 7) is 2.91. The predicted molar refractivity (Wildman–Crippen MR) is 141 cm³/mol. The molecule has 0 heterocycles. The lowest BCUT2D eigenvalue weighted by molar-refractivity contribution is -0.429. The van der Waals surface area contributed by atoms with Crippen molar-refractivity contribution in [2.24, 2.45) is 0 Å². The van der Waals surface area contributed by atoms with Gasteiger partial charge in [0.25, 0.3) is 0 Å². The van der Waals surface area contributed by atoms with E-state index >= 15 is 8.78 Å². The van der Waals surface area contributed by atoms with Gasteiger partial charge in [0.15, 0.2) is 0 Å². The first-order chi connectivity index (χ1) is 20.2. The Bertz CT molecular complexity index is 1640. The van der Waals surface area contributed by atoms with E-state index in [2.05, 4.69) is 0 Å². The van der Waals surface area contributed by atoms with Crippen LogP contribution in [0.3, 0.4) is 0 Å². The van der Waals surface area contributed by atoms with Crippen molar-refractivity contribution >= 4 is 0 Å². The van der Waals surface area contributed by atoms with Gasteiger partial charge >= 0.3 is 35.5 Å². The molecule has 0 aliphatic rings. The van der Waals surface area contributed by atoms with Gasteiger partial charge in [0.1, 0.15) is 0 Å². The summed E-state index contributed by atoms with van der Waals surface area (Å²) in [4.78, 5) is 0. The molecular weight excluding hydrogens is 612 g/mol. The highest BCUT2D eigenvalue weighted by molar-refractivity contribution is 5.73. The van der Waals surface area contributed by atoms with Crippen molar-refractivity contribution in [1.29, 1.82) is 0 Å². The van der Waals surface area contributed by atoms with Gasteiger partial charge in [-0.15, -0.1) is 0 Å². The van der Waals surface area contributed by atoms with Gasteiger partial charge in [-0.3, -0.25) is 0 Å². The molecule has 0 fully saturated rings. The highest BCUT2D eigenvalue weighted by atomic mass is 19.4. The first-order valence-electron chi connectivity index (χ1n) is 12.8. The molecule has 4 aromatic rings. The van der Waals surface area contributed by atoms with E-state index in [0.717, 1.165) is 30.7 Å². The number of halogens is 12. The minimum atomic E-state index is -7.68. The lowest BCUT2D eigenvalue weighted by Crippen LogP contribution is -2.69. The van der Waals surface area contributed by atoms with Gasteiger partial charge in [-0.1, -0.05) is 90.0 Å². The van der Waals surface area contributed by atoms with Crippen LogP contribution < -0.4 is 0 Å². The van der Waals surface area contributed by atoms with E-state index in [-0.39, 0.29) is 34.9 Å². The fraction of sp³-hybridized carbons (Fsp3) is 0.250.